The van der Waals surface area contributed by atoms with Crippen LogP contribution < -0.4 is 10.1 Å². The van der Waals surface area contributed by atoms with Crippen LogP contribution in [-0.4, -0.2) is 56.8 Å². The maximum Gasteiger partial charge on any atom is 0.391 e. The van der Waals surface area contributed by atoms with Gasteiger partial charge in [-0.3, -0.25) is 14.3 Å². The number of ether oxygens (including phenoxy) is 1. The fourth-order valence-electron chi connectivity index (χ4n) is 4.72. The van der Waals surface area contributed by atoms with Crippen LogP contribution in [0.1, 0.15) is 49.0 Å². The van der Waals surface area contributed by atoms with Crippen LogP contribution in [0.15, 0.2) is 30.6 Å². The normalized spacial score (nSPS) is 23.1. The van der Waals surface area contributed by atoms with Crippen molar-refractivity contribution >= 4 is 17.6 Å². The highest BCUT2D eigenvalue weighted by atomic mass is 19.4. The summed E-state index contributed by atoms with van der Waals surface area (Å²) in [4.78, 5) is 31.6. The Bertz CT molecular complexity index is 1020. The van der Waals surface area contributed by atoms with Gasteiger partial charge in [0.2, 0.25) is 5.91 Å². The van der Waals surface area contributed by atoms with E-state index in [2.05, 4.69) is 15.4 Å². The van der Waals surface area contributed by atoms with Crippen LogP contribution in [0.25, 0.3) is 0 Å². The average Bonchev–Trinajstić information content (AvgIpc) is 3.45. The Morgan fingerprint density at radius 1 is 1.18 bits per heavy atom. The van der Waals surface area contributed by atoms with E-state index in [9.17, 15) is 22.8 Å². The van der Waals surface area contributed by atoms with Crippen molar-refractivity contribution in [3.05, 3.63) is 36.3 Å². The summed E-state index contributed by atoms with van der Waals surface area (Å²) in [5.41, 5.74) is 0.106. The fourth-order valence-corrected chi connectivity index (χ4v) is 4.72. The SMILES string of the molecule is Cn1ccc(NC(=O)c2ncccc2OCC2CCCN2C(=O)C2CCC(C(F)(F)F)CC2)n1. The van der Waals surface area contributed by atoms with Crippen LogP contribution in [-0.2, 0) is 11.8 Å². The summed E-state index contributed by atoms with van der Waals surface area (Å²) in [6, 6.07) is 4.76. The monoisotopic (exact) mass is 479 g/mol. The van der Waals surface area contributed by atoms with E-state index in [1.54, 1.807) is 41.0 Å². The largest absolute Gasteiger partial charge is 0.489 e. The molecule has 1 aliphatic heterocycles. The van der Waals surface area contributed by atoms with E-state index in [0.29, 0.717) is 18.1 Å². The Hall–Kier alpha value is -3.11. The van der Waals surface area contributed by atoms with E-state index in [1.165, 1.54) is 6.20 Å². The van der Waals surface area contributed by atoms with Crippen molar-refractivity contribution in [2.24, 2.45) is 18.9 Å². The first kappa shape index (κ1) is 24.0. The Kier molecular flexibility index (Phi) is 7.08. The van der Waals surface area contributed by atoms with E-state index in [0.717, 1.165) is 12.8 Å². The Labute approximate surface area is 195 Å². The number of anilines is 1. The van der Waals surface area contributed by atoms with Gasteiger partial charge in [0, 0.05) is 38.0 Å². The summed E-state index contributed by atoms with van der Waals surface area (Å²) < 4.78 is 46.4. The molecule has 1 N–H and O–H groups in total. The van der Waals surface area contributed by atoms with Crippen LogP contribution >= 0.6 is 0 Å². The van der Waals surface area contributed by atoms with Gasteiger partial charge in [0.15, 0.2) is 17.3 Å². The molecule has 2 aromatic heterocycles. The van der Waals surface area contributed by atoms with Gasteiger partial charge in [0.1, 0.15) is 6.61 Å². The number of pyridine rings is 1. The Balaban J connectivity index is 1.35. The van der Waals surface area contributed by atoms with Crippen molar-refractivity contribution < 1.29 is 27.5 Å². The predicted molar refractivity (Wildman–Crippen MR) is 117 cm³/mol. The minimum absolute atomic E-state index is 0.000654. The minimum Gasteiger partial charge on any atom is -0.489 e. The highest BCUT2D eigenvalue weighted by Crippen LogP contribution is 2.40. The summed E-state index contributed by atoms with van der Waals surface area (Å²) in [7, 11) is 1.74. The maximum absolute atomic E-state index is 13.1. The van der Waals surface area contributed by atoms with Gasteiger partial charge >= 0.3 is 6.18 Å². The molecular weight excluding hydrogens is 451 g/mol. The van der Waals surface area contributed by atoms with Crippen molar-refractivity contribution in [2.45, 2.75) is 50.7 Å². The second kappa shape index (κ2) is 10.0. The van der Waals surface area contributed by atoms with Crippen molar-refractivity contribution in [1.29, 1.82) is 0 Å². The number of nitrogens with zero attached hydrogens (tertiary/aromatic N) is 4. The van der Waals surface area contributed by atoms with Gasteiger partial charge < -0.3 is 15.0 Å². The van der Waals surface area contributed by atoms with Crippen LogP contribution in [0.3, 0.4) is 0 Å². The number of carbonyl (C=O) groups is 2. The summed E-state index contributed by atoms with van der Waals surface area (Å²) in [6.45, 7) is 0.741. The number of alkyl halides is 3. The van der Waals surface area contributed by atoms with Crippen molar-refractivity contribution in [3.63, 3.8) is 0 Å². The summed E-state index contributed by atoms with van der Waals surface area (Å²) in [5, 5.41) is 6.79. The highest BCUT2D eigenvalue weighted by Gasteiger charge is 2.44. The number of nitrogens with one attached hydrogen (secondary N) is 1. The molecule has 0 radical (unpaired) electrons. The summed E-state index contributed by atoms with van der Waals surface area (Å²) in [6.07, 6.45) is 1.05. The van der Waals surface area contributed by atoms with Crippen molar-refractivity contribution in [2.75, 3.05) is 18.5 Å². The quantitative estimate of drug-likeness (QED) is 0.681. The van der Waals surface area contributed by atoms with Gasteiger partial charge in [-0.15, -0.1) is 0 Å². The summed E-state index contributed by atoms with van der Waals surface area (Å²) in [5.74, 6) is -1.56. The van der Waals surface area contributed by atoms with E-state index in [4.69, 9.17) is 4.74 Å². The Morgan fingerprint density at radius 3 is 2.62 bits per heavy atom. The lowest BCUT2D eigenvalue weighted by Crippen LogP contribution is -2.44. The zero-order valence-electron chi connectivity index (χ0n) is 18.9. The summed E-state index contributed by atoms with van der Waals surface area (Å²) >= 11 is 0. The lowest BCUT2D eigenvalue weighted by atomic mass is 9.81. The third-order valence-corrected chi connectivity index (χ3v) is 6.57. The number of halogens is 3. The van der Waals surface area contributed by atoms with Gasteiger partial charge in [0.05, 0.1) is 12.0 Å². The number of aromatic nitrogens is 3. The number of aryl methyl sites for hydroxylation is 1. The number of hydrogen-bond acceptors (Lipinski definition) is 5. The number of amides is 2. The topological polar surface area (TPSA) is 89.4 Å². The molecule has 184 valence electrons. The zero-order chi connectivity index (χ0) is 24.3. The van der Waals surface area contributed by atoms with Crippen molar-refractivity contribution in [1.82, 2.24) is 19.7 Å². The molecule has 2 amide bonds. The smallest absolute Gasteiger partial charge is 0.391 e. The van der Waals surface area contributed by atoms with Crippen molar-refractivity contribution in [3.8, 4) is 5.75 Å². The molecule has 0 spiro atoms. The number of hydrogen-bond donors (Lipinski definition) is 1. The standard InChI is InChI=1S/C23H28F3N5O3/c1-30-13-10-19(29-30)28-21(32)20-18(5-2-11-27-20)34-14-17-4-3-12-31(17)22(33)15-6-8-16(9-7-15)23(24,25)26/h2,5,10-11,13,15-17H,3-4,6-9,12,14H2,1H3,(H,28,29,32). The first-order chi connectivity index (χ1) is 16.2. The molecule has 1 aliphatic carbocycles. The minimum atomic E-state index is -4.19. The molecular formula is C23H28F3N5O3. The molecule has 0 bridgehead atoms. The molecule has 3 heterocycles. The molecule has 2 aromatic rings. The van der Waals surface area contributed by atoms with Crippen LogP contribution in [0, 0.1) is 11.8 Å². The van der Waals surface area contributed by atoms with E-state index >= 15 is 0 Å². The second-order valence-corrected chi connectivity index (χ2v) is 8.91. The molecule has 11 heteroatoms. The first-order valence-electron chi connectivity index (χ1n) is 11.5. The van der Waals surface area contributed by atoms with Crippen LogP contribution in [0.5, 0.6) is 5.75 Å². The molecule has 34 heavy (non-hydrogen) atoms. The van der Waals surface area contributed by atoms with Gasteiger partial charge in [-0.1, -0.05) is 0 Å². The van der Waals surface area contributed by atoms with Crippen LogP contribution in [0.2, 0.25) is 0 Å². The lowest BCUT2D eigenvalue weighted by molar-refractivity contribution is -0.185. The van der Waals surface area contributed by atoms with Gasteiger partial charge in [0.25, 0.3) is 5.91 Å². The molecule has 4 rings (SSSR count). The molecule has 2 fully saturated rings. The Morgan fingerprint density at radius 2 is 1.94 bits per heavy atom. The fraction of sp³-hybridized carbons (Fsp3) is 0.565. The second-order valence-electron chi connectivity index (χ2n) is 8.91. The van der Waals surface area contributed by atoms with Gasteiger partial charge in [-0.25, -0.2) is 4.98 Å². The third-order valence-electron chi connectivity index (χ3n) is 6.57. The molecule has 1 atom stereocenters. The van der Waals surface area contributed by atoms with E-state index in [-0.39, 0.29) is 55.9 Å². The number of carbonyl (C=O) groups excluding carboxylic acids is 2. The number of rotatable bonds is 6. The third kappa shape index (κ3) is 5.51. The average molecular weight is 480 g/mol. The van der Waals surface area contributed by atoms with E-state index in [1.807, 2.05) is 0 Å². The predicted octanol–water partition coefficient (Wildman–Crippen LogP) is 3.81. The molecule has 1 saturated heterocycles. The first-order valence-corrected chi connectivity index (χ1v) is 11.5. The zero-order valence-corrected chi connectivity index (χ0v) is 18.9. The molecule has 2 aliphatic rings. The lowest BCUT2D eigenvalue weighted by Gasteiger charge is -2.33. The molecule has 0 aromatic carbocycles. The van der Waals surface area contributed by atoms with Gasteiger partial charge in [-0.2, -0.15) is 18.3 Å². The van der Waals surface area contributed by atoms with Gasteiger partial charge in [-0.05, 0) is 50.7 Å². The molecule has 8 nitrogen and oxygen atoms in total. The maximum atomic E-state index is 13.1. The van der Waals surface area contributed by atoms with E-state index < -0.39 is 18.0 Å². The number of likely N-dealkylation sites (tertiary alicyclic amines) is 1. The highest BCUT2D eigenvalue weighted by molar-refractivity contribution is 6.04. The molecule has 1 unspecified atom stereocenters. The molecule has 1 saturated carbocycles. The van der Waals surface area contributed by atoms with Crippen LogP contribution in [0.4, 0.5) is 19.0 Å².